The third kappa shape index (κ3) is 4.13. The minimum absolute atomic E-state index is 0.0357. The van der Waals surface area contributed by atoms with Crippen molar-refractivity contribution in [1.82, 2.24) is 4.31 Å². The minimum atomic E-state index is -4.00. The molecule has 0 N–H and O–H groups in total. The van der Waals surface area contributed by atoms with Gasteiger partial charge < -0.3 is 0 Å². The van der Waals surface area contributed by atoms with Crippen LogP contribution in [0.1, 0.15) is 5.56 Å². The summed E-state index contributed by atoms with van der Waals surface area (Å²) in [6.45, 7) is 0.0357. The van der Waals surface area contributed by atoms with E-state index in [1.165, 1.54) is 28.6 Å². The lowest BCUT2D eigenvalue weighted by atomic mass is 10.2. The Bertz CT molecular complexity index is 1050. The van der Waals surface area contributed by atoms with Gasteiger partial charge in [-0.1, -0.05) is 59.6 Å². The summed E-state index contributed by atoms with van der Waals surface area (Å²) in [6, 6.07) is 12.2. The number of sulfone groups is 1. The molecule has 5 nitrogen and oxygen atoms in total. The molecule has 1 heterocycles. The summed E-state index contributed by atoms with van der Waals surface area (Å²) in [5.41, 5.74) is 0.744. The molecule has 0 radical (unpaired) electrons. The molecule has 0 saturated carbocycles. The molecule has 1 aliphatic rings. The topological polar surface area (TPSA) is 71.5 Å². The van der Waals surface area contributed by atoms with E-state index in [4.69, 9.17) is 23.2 Å². The summed E-state index contributed by atoms with van der Waals surface area (Å²) >= 11 is 11.8. The van der Waals surface area contributed by atoms with E-state index < -0.39 is 25.9 Å². The maximum Gasteiger partial charge on any atom is 0.244 e. The van der Waals surface area contributed by atoms with E-state index in [0.29, 0.717) is 0 Å². The van der Waals surface area contributed by atoms with Crippen molar-refractivity contribution in [2.24, 2.45) is 0 Å². The van der Waals surface area contributed by atoms with E-state index >= 15 is 0 Å². The van der Waals surface area contributed by atoms with Crippen LogP contribution in [0.25, 0.3) is 0 Å². The van der Waals surface area contributed by atoms with E-state index in [-0.39, 0.29) is 27.2 Å². The Morgan fingerprint density at radius 2 is 1.73 bits per heavy atom. The van der Waals surface area contributed by atoms with Gasteiger partial charge in [0.15, 0.2) is 9.84 Å². The largest absolute Gasteiger partial charge is 0.244 e. The molecule has 0 fully saturated rings. The first-order valence-corrected chi connectivity index (χ1v) is 11.5. The van der Waals surface area contributed by atoms with Crippen molar-refractivity contribution in [1.29, 1.82) is 0 Å². The van der Waals surface area contributed by atoms with Gasteiger partial charge in [0.05, 0.1) is 26.7 Å². The lowest BCUT2D eigenvalue weighted by Gasteiger charge is -2.27. The van der Waals surface area contributed by atoms with Crippen LogP contribution in [0, 0.1) is 0 Å². The van der Waals surface area contributed by atoms with Gasteiger partial charge in [0.2, 0.25) is 10.0 Å². The fraction of sp³-hybridized carbons (Fsp3) is 0.176. The van der Waals surface area contributed by atoms with Crippen molar-refractivity contribution in [3.05, 3.63) is 75.6 Å². The maximum absolute atomic E-state index is 13.2. The van der Waals surface area contributed by atoms with Gasteiger partial charge >= 0.3 is 0 Å². The van der Waals surface area contributed by atoms with Gasteiger partial charge in [0, 0.05) is 12.0 Å². The molecular formula is C17H15Cl2NO4S2. The number of nitrogens with zero attached hydrogens (tertiary/aromatic N) is 1. The maximum atomic E-state index is 13.2. The van der Waals surface area contributed by atoms with Crippen LogP contribution in [-0.4, -0.2) is 32.9 Å². The second kappa shape index (κ2) is 7.32. The summed E-state index contributed by atoms with van der Waals surface area (Å²) in [5, 5.41) is 1.41. The molecule has 0 bridgehead atoms. The highest BCUT2D eigenvalue weighted by atomic mass is 35.5. The number of hydrogen-bond donors (Lipinski definition) is 0. The number of hydrogen-bond acceptors (Lipinski definition) is 4. The van der Waals surface area contributed by atoms with E-state index in [1.54, 1.807) is 24.3 Å². The number of rotatable bonds is 5. The Hall–Kier alpha value is -1.38. The predicted molar refractivity (Wildman–Crippen MR) is 102 cm³/mol. The zero-order chi connectivity index (χ0) is 18.9. The smallest absolute Gasteiger partial charge is 0.224 e. The highest BCUT2D eigenvalue weighted by molar-refractivity contribution is 7.94. The molecule has 0 aliphatic carbocycles. The minimum Gasteiger partial charge on any atom is -0.224 e. The van der Waals surface area contributed by atoms with Gasteiger partial charge in [-0.05, 0) is 23.8 Å². The van der Waals surface area contributed by atoms with Crippen molar-refractivity contribution in [3.8, 4) is 0 Å². The third-order valence-corrected chi connectivity index (χ3v) is 7.94. The second-order valence-electron chi connectivity index (χ2n) is 5.84. The van der Waals surface area contributed by atoms with Crippen LogP contribution in [-0.2, 0) is 26.4 Å². The summed E-state index contributed by atoms with van der Waals surface area (Å²) < 4.78 is 51.2. The highest BCUT2D eigenvalue weighted by Gasteiger charge is 2.35. The van der Waals surface area contributed by atoms with Gasteiger partial charge in [-0.2, -0.15) is 4.31 Å². The van der Waals surface area contributed by atoms with E-state index in [2.05, 4.69) is 0 Å². The van der Waals surface area contributed by atoms with E-state index in [9.17, 15) is 16.8 Å². The van der Waals surface area contributed by atoms with Crippen LogP contribution in [0.15, 0.2) is 64.9 Å². The second-order valence-corrected chi connectivity index (χ2v) is 10.5. The molecule has 26 heavy (non-hydrogen) atoms. The first kappa shape index (κ1) is 19.4. The molecule has 0 aromatic heterocycles. The molecular weight excluding hydrogens is 417 g/mol. The standard InChI is InChI=1S/C17H15Cl2NO4S2/c18-16-7-6-15(10-17(16)19)26(23,24)20(11-13-4-2-1-3-5-13)14-8-9-25(21,22)12-14/h1-10,14H,11-12H2/t14-/m1/s1. The van der Waals surface area contributed by atoms with Crippen molar-refractivity contribution >= 4 is 43.1 Å². The fourth-order valence-corrected chi connectivity index (χ4v) is 6.01. The molecule has 138 valence electrons. The zero-order valence-corrected chi connectivity index (χ0v) is 16.6. The van der Waals surface area contributed by atoms with Gasteiger partial charge in [-0.15, -0.1) is 0 Å². The lowest BCUT2D eigenvalue weighted by Crippen LogP contribution is -2.40. The predicted octanol–water partition coefficient (Wildman–Crippen LogP) is 3.50. The van der Waals surface area contributed by atoms with Crippen LogP contribution >= 0.6 is 23.2 Å². The summed E-state index contributed by atoms with van der Waals surface area (Å²) in [4.78, 5) is -0.0412. The molecule has 1 aliphatic heterocycles. The Labute approximate surface area is 162 Å². The SMILES string of the molecule is O=S1(=O)C=C[C@@H](N(Cc2ccccc2)S(=O)(=O)c2ccc(Cl)c(Cl)c2)C1. The number of benzene rings is 2. The van der Waals surface area contributed by atoms with Crippen LogP contribution in [0.2, 0.25) is 10.0 Å². The third-order valence-electron chi connectivity index (χ3n) is 3.96. The van der Waals surface area contributed by atoms with Crippen molar-refractivity contribution in [2.45, 2.75) is 17.5 Å². The van der Waals surface area contributed by atoms with Gasteiger partial charge in [-0.3, -0.25) is 0 Å². The molecule has 2 aromatic rings. The van der Waals surface area contributed by atoms with Crippen molar-refractivity contribution in [3.63, 3.8) is 0 Å². The summed E-state index contributed by atoms with van der Waals surface area (Å²) in [7, 11) is -7.42. The van der Waals surface area contributed by atoms with Crippen LogP contribution in [0.3, 0.4) is 0 Å². The van der Waals surface area contributed by atoms with Crippen LogP contribution < -0.4 is 0 Å². The molecule has 0 amide bonds. The Balaban J connectivity index is 2.04. The quantitative estimate of drug-likeness (QED) is 0.725. The van der Waals surface area contributed by atoms with Crippen molar-refractivity contribution < 1.29 is 16.8 Å². The highest BCUT2D eigenvalue weighted by Crippen LogP contribution is 2.29. The fourth-order valence-electron chi connectivity index (χ4n) is 2.66. The normalized spacial score (nSPS) is 19.1. The molecule has 0 spiro atoms. The van der Waals surface area contributed by atoms with Gasteiger partial charge in [0.25, 0.3) is 0 Å². The number of sulfonamides is 1. The lowest BCUT2D eigenvalue weighted by molar-refractivity contribution is 0.375. The van der Waals surface area contributed by atoms with Crippen LogP contribution in [0.5, 0.6) is 0 Å². The van der Waals surface area contributed by atoms with Gasteiger partial charge in [0.1, 0.15) is 0 Å². The zero-order valence-electron chi connectivity index (χ0n) is 13.4. The Morgan fingerprint density at radius 3 is 2.31 bits per heavy atom. The summed E-state index contributed by atoms with van der Waals surface area (Å²) in [6.07, 6.45) is 1.40. The average Bonchev–Trinajstić information content (AvgIpc) is 2.95. The van der Waals surface area contributed by atoms with Crippen molar-refractivity contribution in [2.75, 3.05) is 5.75 Å². The molecule has 1 atom stereocenters. The molecule has 0 unspecified atom stereocenters. The van der Waals surface area contributed by atoms with E-state index in [0.717, 1.165) is 11.0 Å². The van der Waals surface area contributed by atoms with E-state index in [1.807, 2.05) is 6.07 Å². The van der Waals surface area contributed by atoms with Crippen LogP contribution in [0.4, 0.5) is 0 Å². The first-order chi connectivity index (χ1) is 12.2. The first-order valence-electron chi connectivity index (χ1n) is 7.61. The Kier molecular flexibility index (Phi) is 5.46. The number of halogens is 2. The average molecular weight is 432 g/mol. The monoisotopic (exact) mass is 431 g/mol. The Morgan fingerprint density at radius 1 is 1.04 bits per heavy atom. The molecule has 2 aromatic carbocycles. The molecule has 3 rings (SSSR count). The molecule has 9 heteroatoms. The van der Waals surface area contributed by atoms with Gasteiger partial charge in [-0.25, -0.2) is 16.8 Å². The molecule has 0 saturated heterocycles. The summed E-state index contributed by atoms with van der Waals surface area (Å²) in [5.74, 6) is -0.291.